The van der Waals surface area contributed by atoms with E-state index in [2.05, 4.69) is 0 Å². The zero-order valence-electron chi connectivity index (χ0n) is 16.1. The number of nitrogens with zero attached hydrogens (tertiary/aromatic N) is 2. The first-order valence-electron chi connectivity index (χ1n) is 9.35. The van der Waals surface area contributed by atoms with Crippen molar-refractivity contribution in [2.24, 2.45) is 0 Å². The third kappa shape index (κ3) is 3.69. The maximum absolute atomic E-state index is 13.6. The van der Waals surface area contributed by atoms with Crippen LogP contribution in [-0.4, -0.2) is 39.3 Å². The Kier molecular flexibility index (Phi) is 5.44. The molecule has 154 valence electrons. The number of hydrogen-bond donors (Lipinski definition) is 0. The summed E-state index contributed by atoms with van der Waals surface area (Å²) in [6, 6.07) is 9.96. The third-order valence-corrected chi connectivity index (χ3v) is 8.12. The van der Waals surface area contributed by atoms with Crippen molar-refractivity contribution in [1.82, 2.24) is 0 Å². The van der Waals surface area contributed by atoms with Crippen LogP contribution >= 0.6 is 23.4 Å². The van der Waals surface area contributed by atoms with E-state index in [-0.39, 0.29) is 23.5 Å². The average molecular weight is 453 g/mol. The number of sulfonamides is 1. The van der Waals surface area contributed by atoms with Gasteiger partial charge in [0.05, 0.1) is 22.8 Å². The van der Waals surface area contributed by atoms with Crippen LogP contribution in [0.25, 0.3) is 0 Å². The van der Waals surface area contributed by atoms with Crippen molar-refractivity contribution in [1.29, 1.82) is 0 Å². The van der Waals surface area contributed by atoms with Crippen molar-refractivity contribution >= 4 is 50.7 Å². The molecule has 0 saturated heterocycles. The van der Waals surface area contributed by atoms with Gasteiger partial charge in [0.25, 0.3) is 10.0 Å². The number of rotatable bonds is 3. The number of thioether (sulfide) groups is 1. The summed E-state index contributed by atoms with van der Waals surface area (Å²) in [5.74, 6) is 1.18. The molecule has 2 heterocycles. The Morgan fingerprint density at radius 3 is 2.76 bits per heavy atom. The Bertz CT molecular complexity index is 1070. The summed E-state index contributed by atoms with van der Waals surface area (Å²) in [5.41, 5.74) is 1.07. The Morgan fingerprint density at radius 2 is 2.03 bits per heavy atom. The highest BCUT2D eigenvalue weighted by Gasteiger charge is 2.35. The molecule has 0 bridgehead atoms. The van der Waals surface area contributed by atoms with Crippen LogP contribution in [0.1, 0.15) is 20.3 Å². The molecule has 2 aliphatic heterocycles. The predicted molar refractivity (Wildman–Crippen MR) is 116 cm³/mol. The summed E-state index contributed by atoms with van der Waals surface area (Å²) in [4.78, 5) is 14.7. The van der Waals surface area contributed by atoms with Crippen molar-refractivity contribution in [2.75, 3.05) is 28.0 Å². The predicted octanol–water partition coefficient (Wildman–Crippen LogP) is 4.16. The molecule has 9 heteroatoms. The minimum Gasteiger partial charge on any atom is -0.486 e. The highest BCUT2D eigenvalue weighted by molar-refractivity contribution is 7.99. The number of hydrogen-bond acceptors (Lipinski definition) is 5. The van der Waals surface area contributed by atoms with Crippen LogP contribution in [0.2, 0.25) is 5.02 Å². The number of carbonyl (C=O) groups excluding carboxylic acids is 1. The number of benzene rings is 2. The van der Waals surface area contributed by atoms with Gasteiger partial charge in [0.15, 0.2) is 0 Å². The quantitative estimate of drug-likeness (QED) is 0.699. The molecule has 0 unspecified atom stereocenters. The number of amides is 1. The number of fused-ring (bicyclic) bond motifs is 2. The van der Waals surface area contributed by atoms with Crippen molar-refractivity contribution in [3.8, 4) is 5.75 Å². The minimum absolute atomic E-state index is 0.101. The van der Waals surface area contributed by atoms with Crippen molar-refractivity contribution < 1.29 is 17.9 Å². The molecule has 6 nitrogen and oxygen atoms in total. The molecule has 2 aromatic carbocycles. The smallest absolute Gasteiger partial charge is 0.264 e. The van der Waals surface area contributed by atoms with Gasteiger partial charge in [0.2, 0.25) is 5.91 Å². The summed E-state index contributed by atoms with van der Waals surface area (Å²) in [5, 5.41) is 0.437. The van der Waals surface area contributed by atoms with Crippen LogP contribution in [0, 0.1) is 0 Å². The fraction of sp³-hybridized carbons (Fsp3) is 0.350. The van der Waals surface area contributed by atoms with E-state index in [0.717, 1.165) is 10.6 Å². The van der Waals surface area contributed by atoms with Gasteiger partial charge in [0, 0.05) is 29.1 Å². The molecule has 0 radical (unpaired) electrons. The zero-order chi connectivity index (χ0) is 20.8. The van der Waals surface area contributed by atoms with Gasteiger partial charge in [-0.2, -0.15) is 0 Å². The monoisotopic (exact) mass is 452 g/mol. The van der Waals surface area contributed by atoms with Crippen molar-refractivity contribution in [3.05, 3.63) is 41.4 Å². The molecular weight excluding hydrogens is 432 g/mol. The lowest BCUT2D eigenvalue weighted by Crippen LogP contribution is -2.43. The van der Waals surface area contributed by atoms with Crippen LogP contribution in [0.5, 0.6) is 5.75 Å². The average Bonchev–Trinajstić information content (AvgIpc) is 2.71. The van der Waals surface area contributed by atoms with Crippen LogP contribution in [0.15, 0.2) is 46.2 Å². The maximum atomic E-state index is 13.6. The molecule has 1 amide bonds. The van der Waals surface area contributed by atoms with E-state index in [0.29, 0.717) is 35.1 Å². The first kappa shape index (κ1) is 20.4. The molecule has 0 aliphatic carbocycles. The molecular formula is C20H21ClN2O4S2. The maximum Gasteiger partial charge on any atom is 0.264 e. The largest absolute Gasteiger partial charge is 0.486 e. The molecule has 29 heavy (non-hydrogen) atoms. The summed E-state index contributed by atoms with van der Waals surface area (Å²) in [6.07, 6.45) is 0.424. The van der Waals surface area contributed by atoms with E-state index in [4.69, 9.17) is 16.3 Å². The molecule has 4 rings (SSSR count). The Balaban J connectivity index is 1.81. The topological polar surface area (TPSA) is 66.9 Å². The van der Waals surface area contributed by atoms with Crippen molar-refractivity contribution in [3.63, 3.8) is 0 Å². The standard InChI is InChI=1S/C20H21ClN2O4S2/c1-3-15-12-23(17-10-14(21)4-6-19(17)27-15)29(25,26)16-5-7-20-18(11-16)22(13(2)24)8-9-28-20/h4-7,10-11,15H,3,8-9,12H2,1-2H3/t15-/m0/s1. The fourth-order valence-corrected chi connectivity index (χ4v) is 6.20. The summed E-state index contributed by atoms with van der Waals surface area (Å²) in [7, 11) is -3.87. The van der Waals surface area contributed by atoms with E-state index in [1.807, 2.05) is 6.92 Å². The van der Waals surface area contributed by atoms with E-state index in [9.17, 15) is 13.2 Å². The van der Waals surface area contributed by atoms with Gasteiger partial charge >= 0.3 is 0 Å². The number of halogens is 1. The van der Waals surface area contributed by atoms with Crippen LogP contribution in [0.4, 0.5) is 11.4 Å². The summed E-state index contributed by atoms with van der Waals surface area (Å²) < 4.78 is 34.5. The molecule has 0 saturated carbocycles. The van der Waals surface area contributed by atoms with Crippen molar-refractivity contribution in [2.45, 2.75) is 36.2 Å². The normalized spacial score (nSPS) is 18.7. The lowest BCUT2D eigenvalue weighted by Gasteiger charge is -2.35. The number of ether oxygens (including phenoxy) is 1. The van der Waals surface area contributed by atoms with Crippen LogP contribution < -0.4 is 13.9 Å². The molecule has 0 aromatic heterocycles. The van der Waals surface area contributed by atoms with E-state index in [1.165, 1.54) is 11.2 Å². The Hall–Kier alpha value is -1.90. The number of anilines is 2. The second-order valence-electron chi connectivity index (χ2n) is 6.94. The zero-order valence-corrected chi connectivity index (χ0v) is 18.5. The lowest BCUT2D eigenvalue weighted by molar-refractivity contribution is -0.116. The Labute approximate surface area is 179 Å². The molecule has 2 aliphatic rings. The first-order chi connectivity index (χ1) is 13.8. The van der Waals surface area contributed by atoms with Gasteiger partial charge < -0.3 is 9.64 Å². The lowest BCUT2D eigenvalue weighted by atomic mass is 10.2. The molecule has 0 spiro atoms. The van der Waals surface area contributed by atoms with Crippen LogP contribution in [0.3, 0.4) is 0 Å². The minimum atomic E-state index is -3.87. The van der Waals surface area contributed by atoms with E-state index < -0.39 is 10.0 Å². The van der Waals surface area contributed by atoms with Gasteiger partial charge in [-0.1, -0.05) is 18.5 Å². The van der Waals surface area contributed by atoms with Gasteiger partial charge in [-0.05, 0) is 42.8 Å². The highest BCUT2D eigenvalue weighted by Crippen LogP contribution is 2.41. The highest BCUT2D eigenvalue weighted by atomic mass is 35.5. The second kappa shape index (κ2) is 7.74. The van der Waals surface area contributed by atoms with Gasteiger partial charge in [-0.15, -0.1) is 11.8 Å². The Morgan fingerprint density at radius 1 is 1.24 bits per heavy atom. The molecule has 1 atom stereocenters. The van der Waals surface area contributed by atoms with E-state index >= 15 is 0 Å². The number of carbonyl (C=O) groups is 1. The van der Waals surface area contributed by atoms with E-state index in [1.54, 1.807) is 53.1 Å². The fourth-order valence-electron chi connectivity index (χ4n) is 3.54. The first-order valence-corrected chi connectivity index (χ1v) is 12.2. The summed E-state index contributed by atoms with van der Waals surface area (Å²) >= 11 is 7.75. The third-order valence-electron chi connectivity index (χ3n) is 5.07. The SMILES string of the molecule is CC[C@H]1CN(S(=O)(=O)c2ccc3c(c2)N(C(C)=O)CCS3)c2cc(Cl)ccc2O1. The van der Waals surface area contributed by atoms with Gasteiger partial charge in [-0.3, -0.25) is 9.10 Å². The van der Waals surface area contributed by atoms with Gasteiger partial charge in [-0.25, -0.2) is 8.42 Å². The van der Waals surface area contributed by atoms with Gasteiger partial charge in [0.1, 0.15) is 11.9 Å². The van der Waals surface area contributed by atoms with Crippen LogP contribution in [-0.2, 0) is 14.8 Å². The molecule has 0 N–H and O–H groups in total. The second-order valence-corrected chi connectivity index (χ2v) is 10.4. The summed E-state index contributed by atoms with van der Waals surface area (Å²) in [6.45, 7) is 4.21. The molecule has 0 fully saturated rings. The molecule has 2 aromatic rings.